The van der Waals surface area contributed by atoms with Crippen LogP contribution in [0.4, 0.5) is 0 Å². The Kier molecular flexibility index (Phi) is 76.3. The van der Waals surface area contributed by atoms with E-state index in [0.717, 1.165) is 167 Å². The van der Waals surface area contributed by atoms with Crippen LogP contribution in [-0.2, 0) is 65.4 Å². The van der Waals surface area contributed by atoms with Gasteiger partial charge in [0.25, 0.3) is 0 Å². The molecule has 0 aliphatic carbocycles. The Labute approximate surface area is 656 Å². The van der Waals surface area contributed by atoms with Gasteiger partial charge in [0.15, 0.2) is 12.2 Å². The third kappa shape index (κ3) is 79.0. The zero-order chi connectivity index (χ0) is 78.9. The van der Waals surface area contributed by atoms with E-state index in [4.69, 9.17) is 37.0 Å². The average Bonchev–Trinajstić information content (AvgIpc) is 0.923. The molecule has 0 radical (unpaired) electrons. The van der Waals surface area contributed by atoms with Crippen molar-refractivity contribution in [1.82, 2.24) is 0 Å². The number of allylic oxidation sites excluding steroid dienone is 24. The molecule has 0 saturated carbocycles. The van der Waals surface area contributed by atoms with E-state index in [1.807, 2.05) is 18.2 Å². The summed E-state index contributed by atoms with van der Waals surface area (Å²) in [7, 11) is -10.00. The van der Waals surface area contributed by atoms with Crippen molar-refractivity contribution >= 4 is 39.5 Å². The molecule has 0 saturated heterocycles. The van der Waals surface area contributed by atoms with Crippen molar-refractivity contribution in [2.75, 3.05) is 39.6 Å². The second-order valence-electron chi connectivity index (χ2n) is 27.7. The van der Waals surface area contributed by atoms with Crippen molar-refractivity contribution < 1.29 is 80.2 Å². The molecule has 0 aliphatic rings. The lowest BCUT2D eigenvalue weighted by Gasteiger charge is -2.21. The fraction of sp³-hybridized carbons (Fsp3) is 0.685. The van der Waals surface area contributed by atoms with Gasteiger partial charge in [0.1, 0.15) is 19.3 Å². The van der Waals surface area contributed by atoms with Crippen LogP contribution in [0.2, 0.25) is 0 Å². The minimum absolute atomic E-state index is 0.0345. The first-order valence-electron chi connectivity index (χ1n) is 42.1. The van der Waals surface area contributed by atoms with Gasteiger partial charge in [0.2, 0.25) is 0 Å². The minimum Gasteiger partial charge on any atom is -0.462 e. The number of aliphatic hydroxyl groups excluding tert-OH is 1. The molecule has 108 heavy (non-hydrogen) atoms. The number of hydrogen-bond acceptors (Lipinski definition) is 15. The van der Waals surface area contributed by atoms with Gasteiger partial charge >= 0.3 is 39.5 Å². The molecule has 0 fully saturated rings. The van der Waals surface area contributed by atoms with Gasteiger partial charge in [-0.3, -0.25) is 37.3 Å². The number of aliphatic hydroxyl groups is 1. The summed E-state index contributed by atoms with van der Waals surface area (Å²) in [5.41, 5.74) is 0. The largest absolute Gasteiger partial charge is 0.472 e. The molecule has 5 atom stereocenters. The molecule has 3 N–H and O–H groups in total. The van der Waals surface area contributed by atoms with Crippen LogP contribution in [0.25, 0.3) is 0 Å². The van der Waals surface area contributed by atoms with Crippen LogP contribution < -0.4 is 0 Å². The van der Waals surface area contributed by atoms with E-state index in [2.05, 4.69) is 155 Å². The topological polar surface area (TPSA) is 237 Å². The quantitative estimate of drug-likeness (QED) is 0.0169. The molecule has 0 aromatic rings. The molecular weight excluding hydrogens is 1400 g/mol. The van der Waals surface area contributed by atoms with E-state index in [1.54, 1.807) is 0 Å². The van der Waals surface area contributed by atoms with Crippen molar-refractivity contribution in [2.24, 2.45) is 0 Å². The minimum atomic E-state index is -5.00. The molecular formula is C89H150O17P2. The van der Waals surface area contributed by atoms with Crippen LogP contribution >= 0.6 is 15.6 Å². The fourth-order valence-electron chi connectivity index (χ4n) is 11.0. The van der Waals surface area contributed by atoms with Gasteiger partial charge in [-0.25, -0.2) is 9.13 Å². The Morgan fingerprint density at radius 3 is 0.815 bits per heavy atom. The molecule has 17 nitrogen and oxygen atoms in total. The standard InChI is InChI=1S/C89H150O17P2/c1-5-9-13-17-21-25-29-33-37-39-41-43-47-49-53-57-61-65-69-73-86(91)99-79-84(105-88(93)75-71-67-63-59-55-51-45-35-31-27-23-19-15-11-7-3)81-103-107(95,96)101-77-83(90)78-102-108(97,98)104-82-85(106-89(94)76-72-68-64-60-56-52-46-36-32-28-24-20-16-12-8-4)80-100-87(92)74-70-66-62-58-54-50-48-44-42-40-38-34-30-26-22-18-14-10-6-2/h9,12-13,16,21-22,24-26,28,33-34,36-38,41-44,46,49,53,61,65,83-85,90H,5-8,10-11,14-15,17-20,23,27,29-32,35,39-40,45,47-48,50-52,54-60,62-64,66-82H2,1-4H3,(H,95,96)(H,97,98)/b13-9-,16-12-,25-21-,26-22-,28-24-,37-33-,38-34-,43-41-,44-42-,46-36-,53-49-,65-61-. The molecule has 0 rings (SSSR count). The Balaban J connectivity index is 5.44. The van der Waals surface area contributed by atoms with Crippen molar-refractivity contribution in [1.29, 1.82) is 0 Å². The molecule has 0 heterocycles. The maximum absolute atomic E-state index is 13.1. The molecule has 0 spiro atoms. The van der Waals surface area contributed by atoms with Crippen molar-refractivity contribution in [3.63, 3.8) is 0 Å². The summed E-state index contributed by atoms with van der Waals surface area (Å²) < 4.78 is 68.7. The lowest BCUT2D eigenvalue weighted by molar-refractivity contribution is -0.161. The van der Waals surface area contributed by atoms with Crippen molar-refractivity contribution in [3.8, 4) is 0 Å². The number of rotatable bonds is 78. The summed E-state index contributed by atoms with van der Waals surface area (Å²) in [6, 6.07) is 0. The summed E-state index contributed by atoms with van der Waals surface area (Å²) >= 11 is 0. The SMILES string of the molecule is CC/C=C\C/C=C\C/C=C\C/C=C\C/C=C\C/C=C\CCC(=O)OCC(COP(=O)(O)OCC(O)COP(=O)(O)OCC(COC(=O)CCCCCCCC/C=C\C/C=C\C/C=C\CCCCC)OC(=O)CCCCCCC/C=C\C/C=C\C/C=C\CC)OC(=O)CCCCCCCCCCCCCCCCC. The van der Waals surface area contributed by atoms with Gasteiger partial charge in [-0.05, 0) is 135 Å². The van der Waals surface area contributed by atoms with Gasteiger partial charge in [-0.15, -0.1) is 0 Å². The summed E-state index contributed by atoms with van der Waals surface area (Å²) in [5, 5.41) is 10.7. The zero-order valence-corrected chi connectivity index (χ0v) is 69.5. The summed E-state index contributed by atoms with van der Waals surface area (Å²) in [6.45, 7) is 4.54. The van der Waals surface area contributed by atoms with Crippen LogP contribution in [-0.4, -0.2) is 96.7 Å². The average molecular weight is 1550 g/mol. The molecule has 0 aromatic carbocycles. The summed E-state index contributed by atoms with van der Waals surface area (Å²) in [4.78, 5) is 73.2. The monoisotopic (exact) mass is 1550 g/mol. The van der Waals surface area contributed by atoms with Crippen LogP contribution in [0.15, 0.2) is 146 Å². The highest BCUT2D eigenvalue weighted by Crippen LogP contribution is 2.45. The molecule has 5 unspecified atom stereocenters. The van der Waals surface area contributed by atoms with Crippen LogP contribution in [0.1, 0.15) is 336 Å². The van der Waals surface area contributed by atoms with E-state index in [0.29, 0.717) is 32.1 Å². The second-order valence-corrected chi connectivity index (χ2v) is 30.6. The third-order valence-corrected chi connectivity index (χ3v) is 19.2. The lowest BCUT2D eigenvalue weighted by Crippen LogP contribution is -2.30. The Morgan fingerprint density at radius 1 is 0.269 bits per heavy atom. The van der Waals surface area contributed by atoms with Crippen LogP contribution in [0.5, 0.6) is 0 Å². The first-order valence-corrected chi connectivity index (χ1v) is 45.1. The first kappa shape index (κ1) is 103. The number of esters is 4. The molecule has 0 aromatic heterocycles. The Hall–Kier alpha value is -5.06. The third-order valence-electron chi connectivity index (χ3n) is 17.3. The number of unbranched alkanes of at least 4 members (excludes halogenated alkanes) is 28. The van der Waals surface area contributed by atoms with Crippen molar-refractivity contribution in [2.45, 2.75) is 354 Å². The fourth-order valence-corrected chi connectivity index (χ4v) is 12.6. The van der Waals surface area contributed by atoms with E-state index < -0.39 is 97.5 Å². The molecule has 0 bridgehead atoms. The van der Waals surface area contributed by atoms with E-state index in [-0.39, 0.29) is 25.7 Å². The van der Waals surface area contributed by atoms with Crippen molar-refractivity contribution in [3.05, 3.63) is 146 Å². The number of carbonyl (C=O) groups is 4. The highest BCUT2D eigenvalue weighted by atomic mass is 31.2. The number of ether oxygens (including phenoxy) is 4. The van der Waals surface area contributed by atoms with Crippen LogP contribution in [0.3, 0.4) is 0 Å². The smallest absolute Gasteiger partial charge is 0.462 e. The second kappa shape index (κ2) is 80.0. The van der Waals surface area contributed by atoms with E-state index in [9.17, 15) is 43.2 Å². The maximum Gasteiger partial charge on any atom is 0.472 e. The number of hydrogen-bond donors (Lipinski definition) is 3. The van der Waals surface area contributed by atoms with Gasteiger partial charge in [-0.1, -0.05) is 321 Å². The molecule has 19 heteroatoms. The summed E-state index contributed by atoms with van der Waals surface area (Å²) in [6.07, 6.45) is 92.5. The predicted molar refractivity (Wildman–Crippen MR) is 445 cm³/mol. The lowest BCUT2D eigenvalue weighted by atomic mass is 10.0. The predicted octanol–water partition coefficient (Wildman–Crippen LogP) is 25.0. The first-order chi connectivity index (χ1) is 52.7. The maximum atomic E-state index is 13.1. The van der Waals surface area contributed by atoms with Gasteiger partial charge in [0.05, 0.1) is 26.4 Å². The van der Waals surface area contributed by atoms with E-state index >= 15 is 0 Å². The Morgan fingerprint density at radius 2 is 0.500 bits per heavy atom. The van der Waals surface area contributed by atoms with Gasteiger partial charge < -0.3 is 33.8 Å². The zero-order valence-electron chi connectivity index (χ0n) is 67.7. The normalized spacial score (nSPS) is 14.5. The number of phosphoric ester groups is 2. The van der Waals surface area contributed by atoms with Gasteiger partial charge in [-0.2, -0.15) is 0 Å². The molecule has 618 valence electrons. The summed E-state index contributed by atoms with van der Waals surface area (Å²) in [5.74, 6) is -2.30. The molecule has 0 aliphatic heterocycles. The highest BCUT2D eigenvalue weighted by Gasteiger charge is 2.30. The Bertz CT molecular complexity index is 2610. The molecule has 0 amide bonds. The number of phosphoric acid groups is 2. The van der Waals surface area contributed by atoms with Gasteiger partial charge in [0, 0.05) is 25.7 Å². The van der Waals surface area contributed by atoms with Crippen LogP contribution in [0, 0.1) is 0 Å². The highest BCUT2D eigenvalue weighted by molar-refractivity contribution is 7.47. The number of carbonyl (C=O) groups excluding carboxylic acids is 4. The van der Waals surface area contributed by atoms with E-state index in [1.165, 1.54) is 83.5 Å².